The maximum absolute atomic E-state index is 12.3. The minimum absolute atomic E-state index is 0.480. The van der Waals surface area contributed by atoms with Crippen molar-refractivity contribution < 1.29 is 13.2 Å². The number of hydrazone groups is 1. The van der Waals surface area contributed by atoms with Crippen LogP contribution in [0.4, 0.5) is 18.9 Å². The molecule has 0 fully saturated rings. The fourth-order valence-corrected chi connectivity index (χ4v) is 1.37. The van der Waals surface area contributed by atoms with Crippen LogP contribution in [0.3, 0.4) is 0 Å². The summed E-state index contributed by atoms with van der Waals surface area (Å²) in [5.41, 5.74) is 3.23. The van der Waals surface area contributed by atoms with Crippen LogP contribution in [-0.4, -0.2) is 11.2 Å². The number of alkyl halides is 3. The lowest BCUT2D eigenvalue weighted by Gasteiger charge is -2.06. The zero-order valence-electron chi connectivity index (χ0n) is 9.72. The number of benzene rings is 1. The second-order valence-corrected chi connectivity index (χ2v) is 3.73. The molecule has 0 aliphatic rings. The van der Waals surface area contributed by atoms with Crippen molar-refractivity contribution >= 4 is 11.9 Å². The second-order valence-electron chi connectivity index (χ2n) is 3.73. The molecule has 0 atom stereocenters. The summed E-state index contributed by atoms with van der Waals surface area (Å²) >= 11 is 0. The monoisotopic (exact) mass is 265 g/mol. The van der Waals surface area contributed by atoms with Crippen LogP contribution in [0.25, 0.3) is 0 Å². The van der Waals surface area contributed by atoms with Gasteiger partial charge in [0.05, 0.1) is 17.5 Å². The Labute approximate surface area is 107 Å². The van der Waals surface area contributed by atoms with Crippen LogP contribution in [0.2, 0.25) is 0 Å². The predicted molar refractivity (Wildman–Crippen MR) is 66.9 cm³/mol. The third-order valence-corrected chi connectivity index (χ3v) is 2.30. The molecule has 0 amide bonds. The Kier molecular flexibility index (Phi) is 3.79. The maximum atomic E-state index is 12.3. The molecule has 0 radical (unpaired) electrons. The molecular weight excluding hydrogens is 255 g/mol. The third kappa shape index (κ3) is 3.80. The zero-order valence-corrected chi connectivity index (χ0v) is 9.72. The van der Waals surface area contributed by atoms with Crippen LogP contribution >= 0.6 is 0 Å². The molecule has 0 aliphatic heterocycles. The van der Waals surface area contributed by atoms with Gasteiger partial charge in [-0.3, -0.25) is 10.4 Å². The van der Waals surface area contributed by atoms with Gasteiger partial charge in [-0.05, 0) is 30.3 Å². The number of aromatic nitrogens is 1. The standard InChI is InChI=1S/C13H10F3N3/c14-13(15,16)11-3-5-12(6-4-11)19-18-9-10-2-1-7-17-8-10/h1-9,19H/b18-9+. The highest BCUT2D eigenvalue weighted by atomic mass is 19.4. The molecule has 0 spiro atoms. The van der Waals surface area contributed by atoms with Gasteiger partial charge in [0, 0.05) is 18.0 Å². The lowest BCUT2D eigenvalue weighted by Crippen LogP contribution is -2.04. The van der Waals surface area contributed by atoms with E-state index < -0.39 is 11.7 Å². The molecule has 0 saturated carbocycles. The molecule has 0 saturated heterocycles. The van der Waals surface area contributed by atoms with Gasteiger partial charge in [0.15, 0.2) is 0 Å². The summed E-state index contributed by atoms with van der Waals surface area (Å²) in [6.07, 6.45) is 0.473. The van der Waals surface area contributed by atoms with Crippen molar-refractivity contribution in [3.05, 3.63) is 59.9 Å². The van der Waals surface area contributed by atoms with E-state index in [-0.39, 0.29) is 0 Å². The Morgan fingerprint density at radius 3 is 2.42 bits per heavy atom. The van der Waals surface area contributed by atoms with Crippen LogP contribution < -0.4 is 5.43 Å². The summed E-state index contributed by atoms with van der Waals surface area (Å²) < 4.78 is 37.0. The van der Waals surface area contributed by atoms with Gasteiger partial charge in [0.25, 0.3) is 0 Å². The third-order valence-electron chi connectivity index (χ3n) is 2.30. The lowest BCUT2D eigenvalue weighted by molar-refractivity contribution is -0.137. The van der Waals surface area contributed by atoms with Crippen LogP contribution in [0.5, 0.6) is 0 Å². The Morgan fingerprint density at radius 1 is 1.11 bits per heavy atom. The van der Waals surface area contributed by atoms with Crippen molar-refractivity contribution in [2.24, 2.45) is 5.10 Å². The van der Waals surface area contributed by atoms with Gasteiger partial charge in [-0.25, -0.2) is 0 Å². The molecule has 1 heterocycles. The second kappa shape index (κ2) is 5.51. The molecule has 0 bridgehead atoms. The van der Waals surface area contributed by atoms with Gasteiger partial charge in [-0.15, -0.1) is 0 Å². The first-order valence-electron chi connectivity index (χ1n) is 5.42. The van der Waals surface area contributed by atoms with Gasteiger partial charge < -0.3 is 0 Å². The smallest absolute Gasteiger partial charge is 0.279 e. The number of hydrogen-bond acceptors (Lipinski definition) is 3. The van der Waals surface area contributed by atoms with Crippen molar-refractivity contribution in [1.29, 1.82) is 0 Å². The van der Waals surface area contributed by atoms with Crippen molar-refractivity contribution in [1.82, 2.24) is 4.98 Å². The Balaban J connectivity index is 1.99. The number of rotatable bonds is 3. The minimum Gasteiger partial charge on any atom is -0.279 e. The predicted octanol–water partition coefficient (Wildman–Crippen LogP) is 3.55. The average Bonchev–Trinajstić information content (AvgIpc) is 2.39. The Morgan fingerprint density at radius 2 is 1.84 bits per heavy atom. The summed E-state index contributed by atoms with van der Waals surface area (Å²) in [7, 11) is 0. The largest absolute Gasteiger partial charge is 0.416 e. The number of anilines is 1. The lowest BCUT2D eigenvalue weighted by atomic mass is 10.2. The topological polar surface area (TPSA) is 37.3 Å². The van der Waals surface area contributed by atoms with E-state index in [1.807, 2.05) is 6.07 Å². The van der Waals surface area contributed by atoms with Crippen molar-refractivity contribution in [2.45, 2.75) is 6.18 Å². The van der Waals surface area contributed by atoms with E-state index in [4.69, 9.17) is 0 Å². The van der Waals surface area contributed by atoms with E-state index in [0.29, 0.717) is 5.69 Å². The average molecular weight is 265 g/mol. The molecule has 0 aliphatic carbocycles. The molecule has 1 aromatic carbocycles. The van der Waals surface area contributed by atoms with Gasteiger partial charge in [-0.2, -0.15) is 18.3 Å². The van der Waals surface area contributed by atoms with E-state index in [1.54, 1.807) is 18.5 Å². The molecule has 2 rings (SSSR count). The first-order chi connectivity index (χ1) is 9.05. The summed E-state index contributed by atoms with van der Waals surface area (Å²) in [6.45, 7) is 0. The number of nitrogens with zero attached hydrogens (tertiary/aromatic N) is 2. The summed E-state index contributed by atoms with van der Waals surface area (Å²) in [5, 5.41) is 3.91. The normalized spacial score (nSPS) is 11.7. The van der Waals surface area contributed by atoms with Gasteiger partial charge >= 0.3 is 6.18 Å². The van der Waals surface area contributed by atoms with Crippen molar-refractivity contribution in [2.75, 3.05) is 5.43 Å². The fourth-order valence-electron chi connectivity index (χ4n) is 1.37. The minimum atomic E-state index is -4.32. The Hall–Kier alpha value is -2.37. The van der Waals surface area contributed by atoms with E-state index in [2.05, 4.69) is 15.5 Å². The molecule has 19 heavy (non-hydrogen) atoms. The molecule has 98 valence electrons. The number of nitrogens with one attached hydrogen (secondary N) is 1. The van der Waals surface area contributed by atoms with Crippen LogP contribution in [0.15, 0.2) is 53.9 Å². The first-order valence-corrected chi connectivity index (χ1v) is 5.42. The van der Waals surface area contributed by atoms with Crippen LogP contribution in [0, 0.1) is 0 Å². The molecule has 6 heteroatoms. The fraction of sp³-hybridized carbons (Fsp3) is 0.0769. The van der Waals surface area contributed by atoms with E-state index in [0.717, 1.165) is 17.7 Å². The van der Waals surface area contributed by atoms with Crippen molar-refractivity contribution in [3.8, 4) is 0 Å². The van der Waals surface area contributed by atoms with E-state index >= 15 is 0 Å². The van der Waals surface area contributed by atoms with Crippen LogP contribution in [0.1, 0.15) is 11.1 Å². The van der Waals surface area contributed by atoms with Gasteiger partial charge in [-0.1, -0.05) is 6.07 Å². The van der Waals surface area contributed by atoms with Crippen molar-refractivity contribution in [3.63, 3.8) is 0 Å². The molecule has 1 aromatic heterocycles. The molecule has 2 aromatic rings. The van der Waals surface area contributed by atoms with Gasteiger partial charge in [0.2, 0.25) is 0 Å². The van der Waals surface area contributed by atoms with E-state index in [9.17, 15) is 13.2 Å². The highest BCUT2D eigenvalue weighted by molar-refractivity contribution is 5.79. The summed E-state index contributed by atoms with van der Waals surface area (Å²) in [5.74, 6) is 0. The highest BCUT2D eigenvalue weighted by Gasteiger charge is 2.29. The summed E-state index contributed by atoms with van der Waals surface area (Å²) in [4.78, 5) is 3.90. The zero-order chi connectivity index (χ0) is 13.7. The summed E-state index contributed by atoms with van der Waals surface area (Å²) in [6, 6.07) is 8.22. The van der Waals surface area contributed by atoms with Gasteiger partial charge in [0.1, 0.15) is 0 Å². The quantitative estimate of drug-likeness (QED) is 0.680. The highest BCUT2D eigenvalue weighted by Crippen LogP contribution is 2.29. The first kappa shape index (κ1) is 13.1. The van der Waals surface area contributed by atoms with E-state index in [1.165, 1.54) is 18.3 Å². The molecular formula is C13H10F3N3. The van der Waals surface area contributed by atoms with Crippen LogP contribution in [-0.2, 0) is 6.18 Å². The Bertz CT molecular complexity index is 548. The number of halogens is 3. The SMILES string of the molecule is FC(F)(F)c1ccc(N/N=C/c2cccnc2)cc1. The molecule has 0 unspecified atom stereocenters. The molecule has 1 N–H and O–H groups in total. The maximum Gasteiger partial charge on any atom is 0.416 e. The number of hydrogen-bond donors (Lipinski definition) is 1. The number of pyridine rings is 1. The molecule has 3 nitrogen and oxygen atoms in total.